The molecule has 7 heteroatoms. The van der Waals surface area contributed by atoms with Crippen LogP contribution in [-0.4, -0.2) is 33.8 Å². The van der Waals surface area contributed by atoms with E-state index in [-0.39, 0.29) is 14.9 Å². The van der Waals surface area contributed by atoms with E-state index in [1.807, 2.05) is 0 Å². The van der Waals surface area contributed by atoms with E-state index in [2.05, 4.69) is 65.5 Å². The lowest BCUT2D eigenvalue weighted by molar-refractivity contribution is 0.331. The van der Waals surface area contributed by atoms with Gasteiger partial charge in [-0.15, -0.1) is 0 Å². The lowest BCUT2D eigenvalue weighted by Gasteiger charge is -2.39. The molecule has 0 atom stereocenters. The van der Waals surface area contributed by atoms with Crippen molar-refractivity contribution >= 4 is 33.8 Å². The first kappa shape index (κ1) is 24.7. The van der Waals surface area contributed by atoms with Crippen molar-refractivity contribution in [2.45, 2.75) is 80.3 Å². The normalized spacial score (nSPS) is 13.6. The highest BCUT2D eigenvalue weighted by Crippen LogP contribution is 2.23. The minimum Gasteiger partial charge on any atom is -0.437 e. The quantitative estimate of drug-likeness (QED) is 0.606. The van der Waals surface area contributed by atoms with Gasteiger partial charge in [-0.25, -0.2) is 0 Å². The van der Waals surface area contributed by atoms with E-state index in [9.17, 15) is 0 Å². The van der Waals surface area contributed by atoms with Crippen LogP contribution in [0.5, 0.6) is 0 Å². The average molecular weight is 343 g/mol. The lowest BCUT2D eigenvalue weighted by Crippen LogP contribution is -2.55. The third kappa shape index (κ3) is 15.0. The molecule has 19 heavy (non-hydrogen) atoms. The summed E-state index contributed by atoms with van der Waals surface area (Å²) in [7, 11) is -7.18. The van der Waals surface area contributed by atoms with E-state index in [1.54, 1.807) is 0 Å². The Kier molecular flexibility index (Phi) is 9.99. The zero-order valence-electron chi connectivity index (χ0n) is 13.2. The fourth-order valence-electron chi connectivity index (χ4n) is 2.11. The van der Waals surface area contributed by atoms with Gasteiger partial charge in [0, 0.05) is 0 Å². The van der Waals surface area contributed by atoms with Crippen LogP contribution in [0.15, 0.2) is 0 Å². The molecular weight excluding hydrogens is 304 g/mol. The van der Waals surface area contributed by atoms with Crippen molar-refractivity contribution in [2.24, 2.45) is 0 Å². The van der Waals surface area contributed by atoms with Gasteiger partial charge in [-0.2, -0.15) is 0 Å². The third-order valence-electron chi connectivity index (χ3n) is 1.60. The highest BCUT2D eigenvalue weighted by molar-refractivity contribution is 6.89. The van der Waals surface area contributed by atoms with Gasteiger partial charge in [0.25, 0.3) is 0 Å². The number of hydrogen-bond donors (Lipinski definition) is 0. The number of rotatable bonds is 6. The smallest absolute Gasteiger partial charge is 0.312 e. The maximum atomic E-state index is 6.28. The first-order chi connectivity index (χ1) is 7.12. The summed E-state index contributed by atoms with van der Waals surface area (Å²) < 4.78 is 18.7. The van der Waals surface area contributed by atoms with Gasteiger partial charge in [-0.05, 0) is 65.5 Å². The zero-order valence-corrected chi connectivity index (χ0v) is 17.2. The molecule has 0 radical (unpaired) electrons. The molecule has 0 heterocycles. The monoisotopic (exact) mass is 342 g/mol. The standard InChI is InChI=1S/C10H30O3Si4.2CH4/c1-14(2,3)11-16(7,8)13-17(9,10)12-15(4,5)6;;/h1-10H3;2*1H4. The highest BCUT2D eigenvalue weighted by Gasteiger charge is 2.41. The number of hydrogen-bond acceptors (Lipinski definition) is 3. The van der Waals surface area contributed by atoms with Gasteiger partial charge in [0.15, 0.2) is 16.6 Å². The molecule has 120 valence electrons. The molecule has 0 aromatic carbocycles. The Bertz CT molecular complexity index is 229. The first-order valence-electron chi connectivity index (χ1n) is 6.22. The summed E-state index contributed by atoms with van der Waals surface area (Å²) in [6.07, 6.45) is 0. The predicted octanol–water partition coefficient (Wildman–Crippen LogP) is 5.38. The summed E-state index contributed by atoms with van der Waals surface area (Å²) in [4.78, 5) is 0. The molecule has 0 aliphatic carbocycles. The second-order valence-electron chi connectivity index (χ2n) is 7.33. The van der Waals surface area contributed by atoms with Crippen LogP contribution in [0.3, 0.4) is 0 Å². The minimum atomic E-state index is -2.05. The Balaban J connectivity index is -0.00000128. The van der Waals surface area contributed by atoms with Gasteiger partial charge in [0.1, 0.15) is 0 Å². The molecule has 3 nitrogen and oxygen atoms in total. The molecule has 0 rings (SSSR count). The molecule has 0 saturated heterocycles. The molecule has 0 aromatic heterocycles. The summed E-state index contributed by atoms with van der Waals surface area (Å²) in [5.41, 5.74) is 0. The van der Waals surface area contributed by atoms with E-state index < -0.39 is 33.8 Å². The third-order valence-corrected chi connectivity index (χ3v) is 14.4. The highest BCUT2D eigenvalue weighted by atomic mass is 28.5. The molecule has 0 spiro atoms. The van der Waals surface area contributed by atoms with Crippen LogP contribution in [0, 0.1) is 0 Å². The Morgan fingerprint density at radius 1 is 0.421 bits per heavy atom. The Hall–Kier alpha value is 0.748. The average Bonchev–Trinajstić information content (AvgIpc) is 1.65. The summed E-state index contributed by atoms with van der Waals surface area (Å²) in [6, 6.07) is 0. The maximum absolute atomic E-state index is 6.28. The Morgan fingerprint density at radius 2 is 0.632 bits per heavy atom. The lowest BCUT2D eigenvalue weighted by atomic mass is 11.8. The van der Waals surface area contributed by atoms with Crippen molar-refractivity contribution in [2.75, 3.05) is 0 Å². The molecule has 0 unspecified atom stereocenters. The molecule has 0 fully saturated rings. The van der Waals surface area contributed by atoms with Crippen LogP contribution in [0.2, 0.25) is 65.5 Å². The molecule has 0 saturated carbocycles. The minimum absolute atomic E-state index is 0. The van der Waals surface area contributed by atoms with Crippen molar-refractivity contribution in [3.8, 4) is 0 Å². The van der Waals surface area contributed by atoms with Crippen LogP contribution in [0.4, 0.5) is 0 Å². The molecule has 0 aromatic rings. The molecular formula is C12H38O3Si4. The molecule has 0 bridgehead atoms. The van der Waals surface area contributed by atoms with Gasteiger partial charge in [-0.1, -0.05) is 14.9 Å². The summed E-state index contributed by atoms with van der Waals surface area (Å²) in [6.45, 7) is 21.8. The van der Waals surface area contributed by atoms with Gasteiger partial charge in [0.2, 0.25) is 0 Å². The van der Waals surface area contributed by atoms with Crippen LogP contribution in [-0.2, 0) is 12.3 Å². The summed E-state index contributed by atoms with van der Waals surface area (Å²) in [5.74, 6) is 0. The summed E-state index contributed by atoms with van der Waals surface area (Å²) >= 11 is 0. The first-order valence-corrected chi connectivity index (χ1v) is 18.7. The maximum Gasteiger partial charge on any atom is 0.312 e. The topological polar surface area (TPSA) is 27.7 Å². The van der Waals surface area contributed by atoms with E-state index >= 15 is 0 Å². The van der Waals surface area contributed by atoms with Crippen LogP contribution in [0.25, 0.3) is 0 Å². The van der Waals surface area contributed by atoms with Crippen LogP contribution in [0.1, 0.15) is 14.9 Å². The Morgan fingerprint density at radius 3 is 0.789 bits per heavy atom. The van der Waals surface area contributed by atoms with Crippen LogP contribution >= 0.6 is 0 Å². The van der Waals surface area contributed by atoms with Crippen LogP contribution < -0.4 is 0 Å². The largest absolute Gasteiger partial charge is 0.437 e. The van der Waals surface area contributed by atoms with Gasteiger partial charge < -0.3 is 12.3 Å². The van der Waals surface area contributed by atoms with E-state index in [1.165, 1.54) is 0 Å². The van der Waals surface area contributed by atoms with Gasteiger partial charge >= 0.3 is 17.1 Å². The molecule has 0 aliphatic rings. The SMILES string of the molecule is C.C.C[Si](C)(C)O[Si](C)(C)O[Si](C)(C)O[Si](C)(C)C. The molecule has 0 N–H and O–H groups in total. The molecule has 0 amide bonds. The zero-order chi connectivity index (χ0) is 14.1. The van der Waals surface area contributed by atoms with Crippen molar-refractivity contribution in [3.63, 3.8) is 0 Å². The van der Waals surface area contributed by atoms with Gasteiger partial charge in [0.05, 0.1) is 0 Å². The summed E-state index contributed by atoms with van der Waals surface area (Å²) in [5, 5.41) is 0. The second-order valence-corrected chi connectivity index (χ2v) is 23.8. The van der Waals surface area contributed by atoms with Crippen molar-refractivity contribution in [1.29, 1.82) is 0 Å². The predicted molar refractivity (Wildman–Crippen MR) is 98.4 cm³/mol. The fraction of sp³-hybridized carbons (Fsp3) is 1.00. The Labute approximate surface area is 126 Å². The van der Waals surface area contributed by atoms with Crippen molar-refractivity contribution in [3.05, 3.63) is 0 Å². The van der Waals surface area contributed by atoms with E-state index in [0.717, 1.165) is 0 Å². The van der Waals surface area contributed by atoms with Gasteiger partial charge in [-0.3, -0.25) is 0 Å². The van der Waals surface area contributed by atoms with E-state index in [0.29, 0.717) is 0 Å². The molecule has 0 aliphatic heterocycles. The van der Waals surface area contributed by atoms with Crippen molar-refractivity contribution in [1.82, 2.24) is 0 Å². The fourth-order valence-corrected chi connectivity index (χ4v) is 19.7. The van der Waals surface area contributed by atoms with E-state index in [4.69, 9.17) is 12.3 Å². The van der Waals surface area contributed by atoms with Crippen molar-refractivity contribution < 1.29 is 12.3 Å². The second kappa shape index (κ2) is 7.67.